The van der Waals surface area contributed by atoms with Gasteiger partial charge in [0.2, 0.25) is 0 Å². The average molecular weight is 293 g/mol. The van der Waals surface area contributed by atoms with Crippen LogP contribution < -0.4 is 14.8 Å². The Morgan fingerprint density at radius 2 is 1.90 bits per heavy atom. The lowest BCUT2D eigenvalue weighted by molar-refractivity contribution is -0.140. The molecule has 1 saturated carbocycles. The number of benzene rings is 1. The highest BCUT2D eigenvalue weighted by atomic mass is 16.5. The van der Waals surface area contributed by atoms with Crippen molar-refractivity contribution in [3.63, 3.8) is 0 Å². The van der Waals surface area contributed by atoms with Crippen molar-refractivity contribution in [3.8, 4) is 11.5 Å². The molecule has 0 saturated heterocycles. The number of aliphatic carboxylic acids is 1. The summed E-state index contributed by atoms with van der Waals surface area (Å²) in [6.45, 7) is 2.33. The van der Waals surface area contributed by atoms with Crippen LogP contribution in [-0.4, -0.2) is 36.2 Å². The van der Waals surface area contributed by atoms with Gasteiger partial charge >= 0.3 is 11.9 Å². The van der Waals surface area contributed by atoms with Crippen molar-refractivity contribution in [3.05, 3.63) is 24.3 Å². The third-order valence-corrected chi connectivity index (χ3v) is 3.19. The summed E-state index contributed by atoms with van der Waals surface area (Å²) in [6.07, 6.45) is 1.77. The second-order valence-electron chi connectivity index (χ2n) is 4.91. The molecule has 0 aliphatic heterocycles. The first-order valence-corrected chi connectivity index (χ1v) is 7.00. The normalized spacial score (nSPS) is 15.3. The minimum atomic E-state index is -0.925. The fraction of sp³-hybridized carbons (Fsp3) is 0.467. The fourth-order valence-corrected chi connectivity index (χ4v) is 2.02. The Hall–Kier alpha value is -2.08. The van der Waals surface area contributed by atoms with E-state index < -0.39 is 18.0 Å². The summed E-state index contributed by atoms with van der Waals surface area (Å²) in [6, 6.07) is 6.03. The highest BCUT2D eigenvalue weighted by molar-refractivity contribution is 5.78. The molecule has 21 heavy (non-hydrogen) atoms. The highest BCUT2D eigenvalue weighted by Crippen LogP contribution is 2.32. The van der Waals surface area contributed by atoms with Gasteiger partial charge in [-0.1, -0.05) is 0 Å². The monoisotopic (exact) mass is 293 g/mol. The van der Waals surface area contributed by atoms with Crippen LogP contribution in [0.15, 0.2) is 24.3 Å². The third-order valence-electron chi connectivity index (χ3n) is 3.19. The van der Waals surface area contributed by atoms with E-state index in [4.69, 9.17) is 14.6 Å². The molecule has 0 heterocycles. The average Bonchev–Trinajstić information content (AvgIpc) is 3.26. The molecule has 0 amide bonds. The van der Waals surface area contributed by atoms with Crippen molar-refractivity contribution in [1.82, 2.24) is 5.32 Å². The molecule has 1 aromatic carbocycles. The van der Waals surface area contributed by atoms with Gasteiger partial charge in [0.1, 0.15) is 17.5 Å². The molecular weight excluding hydrogens is 274 g/mol. The zero-order valence-corrected chi connectivity index (χ0v) is 11.9. The second-order valence-corrected chi connectivity index (χ2v) is 4.91. The van der Waals surface area contributed by atoms with Gasteiger partial charge in [0.15, 0.2) is 0 Å². The number of carbonyl (C=O) groups excluding carboxylic acids is 1. The Morgan fingerprint density at radius 1 is 1.29 bits per heavy atom. The first kappa shape index (κ1) is 15.3. The van der Waals surface area contributed by atoms with Crippen LogP contribution in [0.2, 0.25) is 0 Å². The summed E-state index contributed by atoms with van der Waals surface area (Å²) in [4.78, 5) is 22.7. The molecule has 2 N–H and O–H groups in total. The van der Waals surface area contributed by atoms with E-state index in [0.29, 0.717) is 18.1 Å². The van der Waals surface area contributed by atoms with Gasteiger partial charge in [0.05, 0.1) is 13.2 Å². The van der Waals surface area contributed by atoms with Crippen molar-refractivity contribution in [2.75, 3.05) is 13.2 Å². The third kappa shape index (κ3) is 4.75. The Balaban J connectivity index is 1.79. The van der Waals surface area contributed by atoms with Crippen LogP contribution in [0.5, 0.6) is 11.5 Å². The number of rotatable bonds is 8. The van der Waals surface area contributed by atoms with Crippen LogP contribution in [0.4, 0.5) is 0 Å². The van der Waals surface area contributed by atoms with Gasteiger partial charge in [-0.3, -0.25) is 14.9 Å². The van der Waals surface area contributed by atoms with Gasteiger partial charge in [0, 0.05) is 0 Å². The number of nitrogens with one attached hydrogen (secondary N) is 1. The molecule has 2 rings (SSSR count). The molecule has 0 aromatic heterocycles. The van der Waals surface area contributed by atoms with Gasteiger partial charge in [-0.2, -0.15) is 0 Å². The number of hydrogen-bond donors (Lipinski definition) is 2. The van der Waals surface area contributed by atoms with Crippen LogP contribution in [0.1, 0.15) is 19.8 Å². The van der Waals surface area contributed by atoms with Gasteiger partial charge in [-0.25, -0.2) is 0 Å². The summed E-state index contributed by atoms with van der Waals surface area (Å²) < 4.78 is 10.4. The van der Waals surface area contributed by atoms with E-state index >= 15 is 0 Å². The summed E-state index contributed by atoms with van der Waals surface area (Å²) in [5.74, 6) is -0.197. The molecule has 1 atom stereocenters. The van der Waals surface area contributed by atoms with E-state index in [1.165, 1.54) is 0 Å². The Kier molecular flexibility index (Phi) is 5.16. The minimum Gasteiger partial charge on any atom is -0.494 e. The summed E-state index contributed by atoms with van der Waals surface area (Å²) >= 11 is 0. The van der Waals surface area contributed by atoms with E-state index in [1.54, 1.807) is 24.3 Å². The van der Waals surface area contributed by atoms with E-state index in [-0.39, 0.29) is 12.5 Å². The summed E-state index contributed by atoms with van der Waals surface area (Å²) in [5.41, 5.74) is 0. The number of carbonyl (C=O) groups is 2. The van der Waals surface area contributed by atoms with Crippen molar-refractivity contribution in [2.24, 2.45) is 5.92 Å². The van der Waals surface area contributed by atoms with Gasteiger partial charge < -0.3 is 14.6 Å². The molecule has 1 aliphatic rings. The Labute approximate surface area is 123 Å². The predicted molar refractivity (Wildman–Crippen MR) is 75.4 cm³/mol. The molecule has 0 spiro atoms. The predicted octanol–water partition coefficient (Wildman–Crippen LogP) is 1.44. The van der Waals surface area contributed by atoms with Crippen LogP contribution in [0, 0.1) is 5.92 Å². The standard InChI is InChI=1S/C15H19NO5/c1-2-20-11-5-7-12(8-6-11)21-13(17)9-16-14(15(18)19)10-3-4-10/h5-8,10,14,16H,2-4,9H2,1H3,(H,18,19). The highest BCUT2D eigenvalue weighted by Gasteiger charge is 2.36. The lowest BCUT2D eigenvalue weighted by Gasteiger charge is -2.12. The maximum Gasteiger partial charge on any atom is 0.325 e. The SMILES string of the molecule is CCOc1ccc(OC(=O)CNC(C(=O)O)C2CC2)cc1. The van der Waals surface area contributed by atoms with E-state index in [2.05, 4.69) is 5.32 Å². The number of carboxylic acid groups (broad SMARTS) is 1. The summed E-state index contributed by atoms with van der Waals surface area (Å²) in [7, 11) is 0. The molecule has 1 unspecified atom stereocenters. The maximum absolute atomic E-state index is 11.7. The molecule has 114 valence electrons. The molecule has 0 radical (unpaired) electrons. The summed E-state index contributed by atoms with van der Waals surface area (Å²) in [5, 5.41) is 11.8. The fourth-order valence-electron chi connectivity index (χ4n) is 2.02. The smallest absolute Gasteiger partial charge is 0.325 e. The van der Waals surface area contributed by atoms with Gasteiger partial charge in [-0.05, 0) is 49.9 Å². The van der Waals surface area contributed by atoms with E-state index in [0.717, 1.165) is 12.8 Å². The maximum atomic E-state index is 11.7. The second kappa shape index (κ2) is 7.08. The number of esters is 1. The van der Waals surface area contributed by atoms with Crippen LogP contribution >= 0.6 is 0 Å². The number of ether oxygens (including phenoxy) is 2. The van der Waals surface area contributed by atoms with Crippen LogP contribution in [-0.2, 0) is 9.59 Å². The van der Waals surface area contributed by atoms with Crippen molar-refractivity contribution < 1.29 is 24.2 Å². The Bertz CT molecular complexity index is 495. The van der Waals surface area contributed by atoms with E-state index in [9.17, 15) is 9.59 Å². The molecular formula is C15H19NO5. The molecule has 1 fully saturated rings. The Morgan fingerprint density at radius 3 is 2.43 bits per heavy atom. The minimum absolute atomic E-state index is 0.124. The lowest BCUT2D eigenvalue weighted by atomic mass is 10.2. The van der Waals surface area contributed by atoms with Crippen LogP contribution in [0.25, 0.3) is 0 Å². The molecule has 0 bridgehead atoms. The number of carboxylic acids is 1. The quantitative estimate of drug-likeness (QED) is 0.557. The van der Waals surface area contributed by atoms with Crippen molar-refractivity contribution in [1.29, 1.82) is 0 Å². The zero-order valence-electron chi connectivity index (χ0n) is 11.9. The first-order valence-electron chi connectivity index (χ1n) is 7.00. The molecule has 6 nitrogen and oxygen atoms in total. The molecule has 6 heteroatoms. The molecule has 1 aliphatic carbocycles. The lowest BCUT2D eigenvalue weighted by Crippen LogP contribution is -2.42. The number of hydrogen-bond acceptors (Lipinski definition) is 5. The van der Waals surface area contributed by atoms with E-state index in [1.807, 2.05) is 6.92 Å². The van der Waals surface area contributed by atoms with Crippen molar-refractivity contribution in [2.45, 2.75) is 25.8 Å². The zero-order chi connectivity index (χ0) is 15.2. The van der Waals surface area contributed by atoms with Gasteiger partial charge in [-0.15, -0.1) is 0 Å². The first-order chi connectivity index (χ1) is 10.1. The van der Waals surface area contributed by atoms with Crippen LogP contribution in [0.3, 0.4) is 0 Å². The van der Waals surface area contributed by atoms with Gasteiger partial charge in [0.25, 0.3) is 0 Å². The molecule has 1 aromatic rings. The van der Waals surface area contributed by atoms with Crippen molar-refractivity contribution >= 4 is 11.9 Å². The topological polar surface area (TPSA) is 84.9 Å². The largest absolute Gasteiger partial charge is 0.494 e.